The maximum absolute atomic E-state index is 12.3. The highest BCUT2D eigenvalue weighted by molar-refractivity contribution is 5.94. The molecule has 3 rings (SSSR count). The summed E-state index contributed by atoms with van der Waals surface area (Å²) in [4.78, 5) is 16.8. The zero-order chi connectivity index (χ0) is 18.4. The van der Waals surface area contributed by atoms with Gasteiger partial charge in [0.25, 0.3) is 5.91 Å². The van der Waals surface area contributed by atoms with E-state index < -0.39 is 0 Å². The molecule has 0 saturated carbocycles. The van der Waals surface area contributed by atoms with Crippen LogP contribution in [0.2, 0.25) is 0 Å². The van der Waals surface area contributed by atoms with Crippen molar-refractivity contribution in [2.24, 2.45) is 0 Å². The van der Waals surface area contributed by atoms with E-state index in [1.54, 1.807) is 12.1 Å². The third kappa shape index (κ3) is 4.61. The molecular formula is C20H24N4O2. The summed E-state index contributed by atoms with van der Waals surface area (Å²) >= 11 is 0. The fourth-order valence-corrected chi connectivity index (χ4v) is 2.71. The average Bonchev–Trinajstić information content (AvgIpc) is 3.08. The van der Waals surface area contributed by atoms with Gasteiger partial charge in [-0.15, -0.1) is 0 Å². The van der Waals surface area contributed by atoms with E-state index in [1.807, 2.05) is 61.0 Å². The fourth-order valence-electron chi connectivity index (χ4n) is 2.71. The van der Waals surface area contributed by atoms with Gasteiger partial charge in [-0.2, -0.15) is 0 Å². The largest absolute Gasteiger partial charge is 0.487 e. The Morgan fingerprint density at radius 2 is 2.15 bits per heavy atom. The molecule has 0 radical (unpaired) electrons. The van der Waals surface area contributed by atoms with Crippen molar-refractivity contribution >= 4 is 11.6 Å². The zero-order valence-electron chi connectivity index (χ0n) is 15.1. The van der Waals surface area contributed by atoms with Crippen molar-refractivity contribution in [2.75, 3.05) is 13.1 Å². The van der Waals surface area contributed by atoms with Crippen molar-refractivity contribution in [1.29, 1.82) is 0 Å². The molecule has 0 saturated heterocycles. The minimum absolute atomic E-state index is 0.104. The first-order valence-electron chi connectivity index (χ1n) is 8.82. The average molecular weight is 352 g/mol. The van der Waals surface area contributed by atoms with E-state index in [0.717, 1.165) is 17.9 Å². The Labute approximate surface area is 153 Å². The summed E-state index contributed by atoms with van der Waals surface area (Å²) < 4.78 is 7.76. The van der Waals surface area contributed by atoms with Gasteiger partial charge in [-0.05, 0) is 43.8 Å². The number of nitrogens with zero attached hydrogens (tertiary/aromatic N) is 2. The number of carbonyl (C=O) groups excluding carboxylic acids is 1. The lowest BCUT2D eigenvalue weighted by Crippen LogP contribution is -2.38. The molecular weight excluding hydrogens is 328 g/mol. The molecule has 0 aliphatic rings. The summed E-state index contributed by atoms with van der Waals surface area (Å²) in [5.41, 5.74) is 2.31. The van der Waals surface area contributed by atoms with E-state index in [-0.39, 0.29) is 11.9 Å². The molecule has 1 atom stereocenters. The molecule has 0 aliphatic carbocycles. The smallest absolute Gasteiger partial charge is 0.251 e. The number of nitrogens with one attached hydrogen (secondary N) is 2. The fraction of sp³-hybridized carbons (Fsp3) is 0.300. The molecule has 0 bridgehead atoms. The summed E-state index contributed by atoms with van der Waals surface area (Å²) in [5.74, 6) is 0.544. The number of hydrogen-bond acceptors (Lipinski definition) is 4. The molecule has 2 N–H and O–H groups in total. The lowest BCUT2D eigenvalue weighted by Gasteiger charge is -2.13. The predicted molar refractivity (Wildman–Crippen MR) is 101 cm³/mol. The molecule has 0 fully saturated rings. The van der Waals surface area contributed by atoms with Crippen LogP contribution in [0.5, 0.6) is 5.75 Å². The molecule has 1 amide bonds. The van der Waals surface area contributed by atoms with Gasteiger partial charge < -0.3 is 19.8 Å². The second-order valence-corrected chi connectivity index (χ2v) is 6.18. The summed E-state index contributed by atoms with van der Waals surface area (Å²) in [6.45, 7) is 5.90. The molecule has 136 valence electrons. The second kappa shape index (κ2) is 8.49. The van der Waals surface area contributed by atoms with E-state index >= 15 is 0 Å². The molecule has 0 aliphatic heterocycles. The molecule has 3 aromatic rings. The number of aromatic nitrogens is 2. The van der Waals surface area contributed by atoms with E-state index in [4.69, 9.17) is 4.74 Å². The zero-order valence-corrected chi connectivity index (χ0v) is 15.1. The van der Waals surface area contributed by atoms with Crippen LogP contribution in [-0.2, 0) is 6.61 Å². The van der Waals surface area contributed by atoms with Gasteiger partial charge in [-0.3, -0.25) is 4.79 Å². The highest BCUT2D eigenvalue weighted by atomic mass is 16.5. The van der Waals surface area contributed by atoms with Crippen LogP contribution in [0.25, 0.3) is 5.65 Å². The van der Waals surface area contributed by atoms with Crippen LogP contribution in [-0.4, -0.2) is 34.4 Å². The van der Waals surface area contributed by atoms with E-state index in [9.17, 15) is 4.79 Å². The first-order chi connectivity index (χ1) is 12.7. The minimum atomic E-state index is -0.104. The maximum Gasteiger partial charge on any atom is 0.251 e. The number of pyridine rings is 1. The van der Waals surface area contributed by atoms with Gasteiger partial charge in [-0.1, -0.05) is 19.1 Å². The number of hydrogen-bond donors (Lipinski definition) is 2. The second-order valence-electron chi connectivity index (χ2n) is 6.18. The lowest BCUT2D eigenvalue weighted by atomic mass is 10.2. The number of amides is 1. The van der Waals surface area contributed by atoms with Crippen LogP contribution in [0.4, 0.5) is 0 Å². The summed E-state index contributed by atoms with van der Waals surface area (Å²) in [5, 5.41) is 6.19. The number of likely N-dealkylation sites (N-methyl/N-ethyl adjacent to an activating group) is 1. The number of carbonyl (C=O) groups is 1. The number of rotatable bonds is 8. The molecule has 6 heteroatoms. The summed E-state index contributed by atoms with van der Waals surface area (Å²) in [7, 11) is 0. The van der Waals surface area contributed by atoms with Crippen LogP contribution >= 0.6 is 0 Å². The van der Waals surface area contributed by atoms with Gasteiger partial charge in [0.2, 0.25) is 0 Å². The van der Waals surface area contributed by atoms with Crippen molar-refractivity contribution in [3.8, 4) is 5.75 Å². The summed E-state index contributed by atoms with van der Waals surface area (Å²) in [6, 6.07) is 13.3. The minimum Gasteiger partial charge on any atom is -0.487 e. The van der Waals surface area contributed by atoms with Gasteiger partial charge in [0.15, 0.2) is 0 Å². The quantitative estimate of drug-likeness (QED) is 0.654. The van der Waals surface area contributed by atoms with Gasteiger partial charge in [-0.25, -0.2) is 4.98 Å². The topological polar surface area (TPSA) is 67.7 Å². The highest BCUT2D eigenvalue weighted by Gasteiger charge is 2.09. The molecule has 0 unspecified atom stereocenters. The molecule has 1 aromatic carbocycles. The van der Waals surface area contributed by atoms with E-state index in [1.165, 1.54) is 0 Å². The molecule has 26 heavy (non-hydrogen) atoms. The van der Waals surface area contributed by atoms with Crippen molar-refractivity contribution in [3.63, 3.8) is 0 Å². The summed E-state index contributed by atoms with van der Waals surface area (Å²) in [6.07, 6.45) is 3.89. The SMILES string of the molecule is CCN[C@H](C)CNC(=O)c1cccc(OCc2cn3ccccc3n2)c1. The van der Waals surface area contributed by atoms with Crippen molar-refractivity contribution in [3.05, 3.63) is 66.1 Å². The Hall–Kier alpha value is -2.86. The van der Waals surface area contributed by atoms with Gasteiger partial charge in [0.05, 0.1) is 5.69 Å². The Balaban J connectivity index is 1.59. The number of imidazole rings is 1. The molecule has 2 aromatic heterocycles. The van der Waals surface area contributed by atoms with E-state index in [2.05, 4.69) is 15.6 Å². The molecule has 0 spiro atoms. The van der Waals surface area contributed by atoms with Crippen LogP contribution in [0.3, 0.4) is 0 Å². The normalized spacial score (nSPS) is 12.1. The first kappa shape index (κ1) is 17.9. The van der Waals surface area contributed by atoms with Gasteiger partial charge in [0, 0.05) is 30.5 Å². The van der Waals surface area contributed by atoms with Crippen molar-refractivity contribution in [1.82, 2.24) is 20.0 Å². The number of ether oxygens (including phenoxy) is 1. The van der Waals surface area contributed by atoms with Crippen LogP contribution in [0.15, 0.2) is 54.9 Å². The lowest BCUT2D eigenvalue weighted by molar-refractivity contribution is 0.0949. The Bertz CT molecular complexity index is 842. The van der Waals surface area contributed by atoms with Crippen molar-refractivity contribution in [2.45, 2.75) is 26.5 Å². The number of fused-ring (bicyclic) bond motifs is 1. The third-order valence-corrected chi connectivity index (χ3v) is 4.02. The Morgan fingerprint density at radius 1 is 1.27 bits per heavy atom. The van der Waals surface area contributed by atoms with Crippen LogP contribution in [0.1, 0.15) is 29.9 Å². The van der Waals surface area contributed by atoms with Crippen LogP contribution < -0.4 is 15.4 Å². The standard InChI is InChI=1S/C20H24N4O2/c1-3-21-15(2)12-22-20(25)16-7-6-8-18(11-16)26-14-17-13-24-10-5-4-9-19(24)23-17/h4-11,13,15,21H,3,12,14H2,1-2H3,(H,22,25)/t15-/m1/s1. The Kier molecular flexibility index (Phi) is 5.86. The van der Waals surface area contributed by atoms with Crippen molar-refractivity contribution < 1.29 is 9.53 Å². The van der Waals surface area contributed by atoms with Gasteiger partial charge >= 0.3 is 0 Å². The Morgan fingerprint density at radius 3 is 2.96 bits per heavy atom. The first-order valence-corrected chi connectivity index (χ1v) is 8.82. The third-order valence-electron chi connectivity index (χ3n) is 4.02. The monoisotopic (exact) mass is 352 g/mol. The molecule has 2 heterocycles. The predicted octanol–water partition coefficient (Wildman–Crippen LogP) is 2.64. The maximum atomic E-state index is 12.3. The molecule has 6 nitrogen and oxygen atoms in total. The van der Waals surface area contributed by atoms with Crippen LogP contribution in [0, 0.1) is 0 Å². The number of benzene rings is 1. The van der Waals surface area contributed by atoms with Gasteiger partial charge in [0.1, 0.15) is 18.0 Å². The highest BCUT2D eigenvalue weighted by Crippen LogP contribution is 2.15. The van der Waals surface area contributed by atoms with E-state index in [0.29, 0.717) is 24.5 Å².